The van der Waals surface area contributed by atoms with E-state index in [1.54, 1.807) is 18.2 Å². The lowest BCUT2D eigenvalue weighted by Crippen LogP contribution is -2.07. The summed E-state index contributed by atoms with van der Waals surface area (Å²) in [5.74, 6) is -0.556. The standard InChI is InChI=1S/C12H8Cl2N2O2/c13-9-3-1-2-8(4-9)7-18-12(17)10-5-16-11(14)6-15-10/h1-6H,7H2. The molecule has 1 heterocycles. The first-order valence-electron chi connectivity index (χ1n) is 5.04. The molecular formula is C12H8Cl2N2O2. The Balaban J connectivity index is 1.98. The van der Waals surface area contributed by atoms with E-state index in [1.807, 2.05) is 6.07 Å². The normalized spacial score (nSPS) is 10.1. The summed E-state index contributed by atoms with van der Waals surface area (Å²) >= 11 is 11.4. The number of aromatic nitrogens is 2. The van der Waals surface area contributed by atoms with Crippen molar-refractivity contribution < 1.29 is 9.53 Å². The number of carbonyl (C=O) groups is 1. The molecule has 1 aromatic heterocycles. The van der Waals surface area contributed by atoms with Crippen LogP contribution in [0.4, 0.5) is 0 Å². The summed E-state index contributed by atoms with van der Waals surface area (Å²) in [7, 11) is 0. The van der Waals surface area contributed by atoms with Gasteiger partial charge >= 0.3 is 5.97 Å². The van der Waals surface area contributed by atoms with Crippen molar-refractivity contribution >= 4 is 29.2 Å². The molecule has 0 aliphatic carbocycles. The van der Waals surface area contributed by atoms with Crippen LogP contribution in [0.5, 0.6) is 0 Å². The molecule has 0 spiro atoms. The molecule has 0 saturated carbocycles. The zero-order chi connectivity index (χ0) is 13.0. The lowest BCUT2D eigenvalue weighted by atomic mass is 10.2. The molecule has 0 N–H and O–H groups in total. The van der Waals surface area contributed by atoms with Crippen molar-refractivity contribution in [1.29, 1.82) is 0 Å². The second kappa shape index (κ2) is 5.80. The molecule has 0 aliphatic heterocycles. The highest BCUT2D eigenvalue weighted by atomic mass is 35.5. The quantitative estimate of drug-likeness (QED) is 0.812. The van der Waals surface area contributed by atoms with Gasteiger partial charge in [0.15, 0.2) is 5.69 Å². The van der Waals surface area contributed by atoms with Crippen LogP contribution in [0.2, 0.25) is 10.2 Å². The Bertz CT molecular complexity index is 558. The van der Waals surface area contributed by atoms with E-state index < -0.39 is 5.97 Å². The molecule has 0 saturated heterocycles. The van der Waals surface area contributed by atoms with E-state index in [0.717, 1.165) is 5.56 Å². The third-order valence-corrected chi connectivity index (χ3v) is 2.52. The zero-order valence-electron chi connectivity index (χ0n) is 9.14. The van der Waals surface area contributed by atoms with Crippen LogP contribution in [0.25, 0.3) is 0 Å². The summed E-state index contributed by atoms with van der Waals surface area (Å²) in [6.07, 6.45) is 2.56. The second-order valence-electron chi connectivity index (χ2n) is 3.43. The zero-order valence-corrected chi connectivity index (χ0v) is 10.6. The molecular weight excluding hydrogens is 275 g/mol. The van der Waals surface area contributed by atoms with Gasteiger partial charge in [0.25, 0.3) is 0 Å². The van der Waals surface area contributed by atoms with E-state index in [2.05, 4.69) is 9.97 Å². The monoisotopic (exact) mass is 282 g/mol. The van der Waals surface area contributed by atoms with Gasteiger partial charge in [-0.2, -0.15) is 0 Å². The highest BCUT2D eigenvalue weighted by Gasteiger charge is 2.09. The third kappa shape index (κ3) is 3.42. The third-order valence-electron chi connectivity index (χ3n) is 2.09. The molecule has 92 valence electrons. The Labute approximate surface area is 114 Å². The average molecular weight is 283 g/mol. The Hall–Kier alpha value is -1.65. The Morgan fingerprint density at radius 2 is 2.06 bits per heavy atom. The molecule has 0 fully saturated rings. The summed E-state index contributed by atoms with van der Waals surface area (Å²) in [5, 5.41) is 0.816. The summed E-state index contributed by atoms with van der Waals surface area (Å²) in [5.41, 5.74) is 0.916. The van der Waals surface area contributed by atoms with Gasteiger partial charge in [0.2, 0.25) is 0 Å². The number of benzene rings is 1. The molecule has 4 nitrogen and oxygen atoms in total. The van der Waals surface area contributed by atoms with Gasteiger partial charge in [-0.1, -0.05) is 35.3 Å². The van der Waals surface area contributed by atoms with Gasteiger partial charge in [-0.05, 0) is 17.7 Å². The fraction of sp³-hybridized carbons (Fsp3) is 0.0833. The molecule has 6 heteroatoms. The number of ether oxygens (including phenoxy) is 1. The van der Waals surface area contributed by atoms with Crippen LogP contribution >= 0.6 is 23.2 Å². The first-order valence-corrected chi connectivity index (χ1v) is 5.80. The van der Waals surface area contributed by atoms with Gasteiger partial charge < -0.3 is 4.74 Å². The minimum Gasteiger partial charge on any atom is -0.456 e. The van der Waals surface area contributed by atoms with Crippen LogP contribution in [-0.2, 0) is 11.3 Å². The van der Waals surface area contributed by atoms with Crippen molar-refractivity contribution in [2.45, 2.75) is 6.61 Å². The van der Waals surface area contributed by atoms with Crippen molar-refractivity contribution in [1.82, 2.24) is 9.97 Å². The first-order chi connectivity index (χ1) is 8.65. The molecule has 0 amide bonds. The number of nitrogens with zero attached hydrogens (tertiary/aromatic N) is 2. The number of hydrogen-bond acceptors (Lipinski definition) is 4. The average Bonchev–Trinajstić information content (AvgIpc) is 2.37. The molecule has 0 radical (unpaired) electrons. The number of carbonyl (C=O) groups excluding carboxylic acids is 1. The predicted molar refractivity (Wildman–Crippen MR) is 67.6 cm³/mol. The Kier molecular flexibility index (Phi) is 4.12. The van der Waals surface area contributed by atoms with Gasteiger partial charge in [-0.15, -0.1) is 0 Å². The smallest absolute Gasteiger partial charge is 0.358 e. The van der Waals surface area contributed by atoms with E-state index in [4.69, 9.17) is 27.9 Å². The highest BCUT2D eigenvalue weighted by Crippen LogP contribution is 2.12. The maximum atomic E-state index is 11.6. The maximum absolute atomic E-state index is 11.6. The van der Waals surface area contributed by atoms with Crippen LogP contribution in [-0.4, -0.2) is 15.9 Å². The van der Waals surface area contributed by atoms with Crippen molar-refractivity contribution in [3.63, 3.8) is 0 Å². The first kappa shape index (κ1) is 12.8. The Morgan fingerprint density at radius 1 is 1.22 bits per heavy atom. The molecule has 2 rings (SSSR count). The largest absolute Gasteiger partial charge is 0.456 e. The van der Waals surface area contributed by atoms with Crippen molar-refractivity contribution in [3.05, 3.63) is 58.1 Å². The van der Waals surface area contributed by atoms with Crippen LogP contribution < -0.4 is 0 Å². The van der Waals surface area contributed by atoms with Gasteiger partial charge in [0, 0.05) is 5.02 Å². The maximum Gasteiger partial charge on any atom is 0.358 e. The number of rotatable bonds is 3. The van der Waals surface area contributed by atoms with E-state index in [9.17, 15) is 4.79 Å². The van der Waals surface area contributed by atoms with Gasteiger partial charge in [0.05, 0.1) is 12.4 Å². The topological polar surface area (TPSA) is 52.1 Å². The predicted octanol–water partition coefficient (Wildman–Crippen LogP) is 3.14. The lowest BCUT2D eigenvalue weighted by Gasteiger charge is -2.04. The highest BCUT2D eigenvalue weighted by molar-refractivity contribution is 6.30. The molecule has 2 aromatic rings. The van der Waals surface area contributed by atoms with Crippen molar-refractivity contribution in [2.75, 3.05) is 0 Å². The van der Waals surface area contributed by atoms with E-state index in [0.29, 0.717) is 5.02 Å². The van der Waals surface area contributed by atoms with Gasteiger partial charge in [0.1, 0.15) is 11.8 Å². The Morgan fingerprint density at radius 3 is 2.72 bits per heavy atom. The fourth-order valence-electron chi connectivity index (χ4n) is 1.27. The van der Waals surface area contributed by atoms with E-state index in [-0.39, 0.29) is 17.5 Å². The van der Waals surface area contributed by atoms with Crippen molar-refractivity contribution in [2.24, 2.45) is 0 Å². The minimum atomic E-state index is -0.556. The summed E-state index contributed by atoms with van der Waals surface area (Å²) in [6, 6.07) is 7.07. The lowest BCUT2D eigenvalue weighted by molar-refractivity contribution is 0.0465. The van der Waals surface area contributed by atoms with Gasteiger partial charge in [-0.25, -0.2) is 14.8 Å². The molecule has 0 aliphatic rings. The van der Waals surface area contributed by atoms with Crippen LogP contribution in [0.3, 0.4) is 0 Å². The SMILES string of the molecule is O=C(OCc1cccc(Cl)c1)c1cnc(Cl)cn1. The number of halogens is 2. The fourth-order valence-corrected chi connectivity index (χ4v) is 1.58. The molecule has 1 aromatic carbocycles. The van der Waals surface area contributed by atoms with E-state index >= 15 is 0 Å². The summed E-state index contributed by atoms with van der Waals surface area (Å²) < 4.78 is 5.07. The molecule has 0 unspecified atom stereocenters. The van der Waals surface area contributed by atoms with Crippen LogP contribution in [0, 0.1) is 0 Å². The van der Waals surface area contributed by atoms with Crippen molar-refractivity contribution in [3.8, 4) is 0 Å². The summed E-state index contributed by atoms with van der Waals surface area (Å²) in [4.78, 5) is 19.2. The van der Waals surface area contributed by atoms with Crippen LogP contribution in [0.1, 0.15) is 16.1 Å². The van der Waals surface area contributed by atoms with Crippen LogP contribution in [0.15, 0.2) is 36.7 Å². The molecule has 18 heavy (non-hydrogen) atoms. The number of hydrogen-bond donors (Lipinski definition) is 0. The van der Waals surface area contributed by atoms with E-state index in [1.165, 1.54) is 12.4 Å². The second-order valence-corrected chi connectivity index (χ2v) is 4.25. The summed E-state index contributed by atoms with van der Waals surface area (Å²) in [6.45, 7) is 0.129. The number of esters is 1. The molecule has 0 atom stereocenters. The van der Waals surface area contributed by atoms with Gasteiger partial charge in [-0.3, -0.25) is 0 Å². The molecule has 0 bridgehead atoms. The minimum absolute atomic E-state index is 0.112.